The van der Waals surface area contributed by atoms with E-state index >= 15 is 0 Å². The number of hydrogen-bond donors (Lipinski definition) is 2. The second kappa shape index (κ2) is 6.67. The van der Waals surface area contributed by atoms with Gasteiger partial charge in [0, 0.05) is 6.20 Å². The van der Waals surface area contributed by atoms with Gasteiger partial charge < -0.3 is 11.1 Å². The Labute approximate surface area is 158 Å². The van der Waals surface area contributed by atoms with Gasteiger partial charge in [0.15, 0.2) is 5.82 Å². The van der Waals surface area contributed by atoms with Crippen molar-refractivity contribution in [2.24, 2.45) is 0 Å². The Morgan fingerprint density at radius 1 is 1.07 bits per heavy atom. The van der Waals surface area contributed by atoms with Gasteiger partial charge in [0.1, 0.15) is 5.52 Å². The van der Waals surface area contributed by atoms with E-state index in [0.717, 1.165) is 37.0 Å². The predicted octanol–water partition coefficient (Wildman–Crippen LogP) is 3.68. The van der Waals surface area contributed by atoms with Crippen LogP contribution in [0.25, 0.3) is 21.8 Å². The number of nitrogens with zero attached hydrogens (tertiary/aromatic N) is 3. The maximum Gasteiger partial charge on any atom is 0.172 e. The molecule has 4 aromatic rings. The van der Waals surface area contributed by atoms with Gasteiger partial charge in [-0.15, -0.1) is 0 Å². The first kappa shape index (κ1) is 16.3. The van der Waals surface area contributed by atoms with Crippen molar-refractivity contribution in [1.82, 2.24) is 20.1 Å². The van der Waals surface area contributed by atoms with Crippen LogP contribution in [0.4, 0.5) is 5.82 Å². The lowest BCUT2D eigenvalue weighted by molar-refractivity contribution is 0.460. The van der Waals surface area contributed by atoms with E-state index in [1.54, 1.807) is 0 Å². The van der Waals surface area contributed by atoms with Crippen LogP contribution in [0.3, 0.4) is 0 Å². The molecule has 0 spiro atoms. The Balaban J connectivity index is 1.57. The molecule has 3 N–H and O–H groups in total. The van der Waals surface area contributed by atoms with Crippen molar-refractivity contribution in [3.8, 4) is 0 Å². The van der Waals surface area contributed by atoms with Crippen LogP contribution in [0.5, 0.6) is 0 Å². The topological polar surface area (TPSA) is 68.8 Å². The van der Waals surface area contributed by atoms with Crippen LogP contribution in [0, 0.1) is 0 Å². The van der Waals surface area contributed by atoms with Crippen molar-refractivity contribution in [2.75, 3.05) is 18.8 Å². The Hall–Kier alpha value is -2.92. The SMILES string of the molecule is Nc1nn(Cc2cccc3ccccc23)c2cc(C3CCNCC3)cnc12. The third-order valence-corrected chi connectivity index (χ3v) is 5.65. The number of aromatic nitrogens is 3. The Morgan fingerprint density at radius 2 is 1.89 bits per heavy atom. The molecule has 1 saturated heterocycles. The molecule has 1 aliphatic heterocycles. The van der Waals surface area contributed by atoms with Gasteiger partial charge in [-0.2, -0.15) is 5.10 Å². The van der Waals surface area contributed by atoms with Crippen molar-refractivity contribution in [1.29, 1.82) is 0 Å². The lowest BCUT2D eigenvalue weighted by Gasteiger charge is -2.22. The van der Waals surface area contributed by atoms with Crippen LogP contribution in [0.15, 0.2) is 54.7 Å². The van der Waals surface area contributed by atoms with Crippen molar-refractivity contribution in [3.63, 3.8) is 0 Å². The van der Waals surface area contributed by atoms with E-state index in [1.165, 1.54) is 21.9 Å². The summed E-state index contributed by atoms with van der Waals surface area (Å²) < 4.78 is 2.00. The van der Waals surface area contributed by atoms with Gasteiger partial charge in [-0.05, 0) is 59.8 Å². The molecule has 136 valence electrons. The minimum Gasteiger partial charge on any atom is -0.380 e. The molecule has 0 unspecified atom stereocenters. The standard InChI is InChI=1S/C22H23N5/c23-22-21-20(12-18(13-25-21)15-8-10-24-11-9-15)27(26-22)14-17-6-3-5-16-4-1-2-7-19(16)17/h1-7,12-13,15,24H,8-11,14H2,(H2,23,26). The smallest absolute Gasteiger partial charge is 0.172 e. The second-order valence-electron chi connectivity index (χ2n) is 7.34. The van der Waals surface area contributed by atoms with E-state index < -0.39 is 0 Å². The number of rotatable bonds is 3. The van der Waals surface area contributed by atoms with E-state index in [4.69, 9.17) is 5.73 Å². The van der Waals surface area contributed by atoms with Crippen LogP contribution in [0.1, 0.15) is 29.9 Å². The number of piperidine rings is 1. The molecule has 0 radical (unpaired) electrons. The molecule has 2 aromatic heterocycles. The molecule has 5 nitrogen and oxygen atoms in total. The van der Waals surface area contributed by atoms with Crippen molar-refractivity contribution < 1.29 is 0 Å². The van der Waals surface area contributed by atoms with Crippen molar-refractivity contribution >= 4 is 27.6 Å². The summed E-state index contributed by atoms with van der Waals surface area (Å²) in [6.07, 6.45) is 4.29. The van der Waals surface area contributed by atoms with Gasteiger partial charge in [-0.25, -0.2) is 0 Å². The number of nitrogens with two attached hydrogens (primary N) is 1. The van der Waals surface area contributed by atoms with Crippen LogP contribution >= 0.6 is 0 Å². The number of benzene rings is 2. The van der Waals surface area contributed by atoms with E-state index in [1.807, 2.05) is 10.9 Å². The second-order valence-corrected chi connectivity index (χ2v) is 7.34. The minimum absolute atomic E-state index is 0.502. The quantitative estimate of drug-likeness (QED) is 0.587. The monoisotopic (exact) mass is 357 g/mol. The Bertz CT molecular complexity index is 1100. The highest BCUT2D eigenvalue weighted by atomic mass is 15.3. The zero-order valence-corrected chi connectivity index (χ0v) is 15.2. The van der Waals surface area contributed by atoms with Gasteiger partial charge in [-0.1, -0.05) is 42.5 Å². The van der Waals surface area contributed by atoms with Crippen molar-refractivity contribution in [2.45, 2.75) is 25.3 Å². The lowest BCUT2D eigenvalue weighted by Crippen LogP contribution is -2.26. The first-order valence-corrected chi connectivity index (χ1v) is 9.59. The first-order valence-electron chi connectivity index (χ1n) is 9.59. The summed E-state index contributed by atoms with van der Waals surface area (Å²) in [7, 11) is 0. The van der Waals surface area contributed by atoms with Gasteiger partial charge in [0.25, 0.3) is 0 Å². The lowest BCUT2D eigenvalue weighted by atomic mass is 9.91. The molecule has 0 aliphatic carbocycles. The summed E-state index contributed by atoms with van der Waals surface area (Å²) in [6, 6.07) is 17.1. The molecule has 0 amide bonds. The molecular formula is C22H23N5. The fraction of sp³-hybridized carbons (Fsp3) is 0.273. The first-order chi connectivity index (χ1) is 13.3. The molecule has 2 aromatic carbocycles. The molecule has 1 aliphatic rings. The number of fused-ring (bicyclic) bond motifs is 2. The molecule has 3 heterocycles. The van der Waals surface area contributed by atoms with Gasteiger partial charge >= 0.3 is 0 Å². The van der Waals surface area contributed by atoms with E-state index in [2.05, 4.69) is 63.9 Å². The molecule has 27 heavy (non-hydrogen) atoms. The highest BCUT2D eigenvalue weighted by Crippen LogP contribution is 2.29. The van der Waals surface area contributed by atoms with Crippen LogP contribution in [-0.4, -0.2) is 27.9 Å². The number of anilines is 1. The molecule has 0 saturated carbocycles. The number of pyridine rings is 1. The molecule has 5 rings (SSSR count). The molecule has 1 fully saturated rings. The summed E-state index contributed by atoms with van der Waals surface area (Å²) >= 11 is 0. The summed E-state index contributed by atoms with van der Waals surface area (Å²) in [5, 5.41) is 10.5. The normalized spacial score (nSPS) is 15.6. The van der Waals surface area contributed by atoms with Crippen LogP contribution in [0.2, 0.25) is 0 Å². The average molecular weight is 357 g/mol. The average Bonchev–Trinajstić information content (AvgIpc) is 3.04. The third kappa shape index (κ3) is 2.94. The van der Waals surface area contributed by atoms with Gasteiger partial charge in [-0.3, -0.25) is 9.67 Å². The summed E-state index contributed by atoms with van der Waals surface area (Å²) in [6.45, 7) is 2.83. The predicted molar refractivity (Wildman–Crippen MR) is 110 cm³/mol. The number of nitrogens with one attached hydrogen (secondary N) is 1. The Kier molecular flexibility index (Phi) is 4.02. The fourth-order valence-electron chi connectivity index (χ4n) is 4.18. The summed E-state index contributed by atoms with van der Waals surface area (Å²) in [5.41, 5.74) is 10.5. The maximum atomic E-state index is 6.17. The molecule has 0 atom stereocenters. The largest absolute Gasteiger partial charge is 0.380 e. The van der Waals surface area contributed by atoms with Crippen LogP contribution in [-0.2, 0) is 6.54 Å². The van der Waals surface area contributed by atoms with Gasteiger partial charge in [0.2, 0.25) is 0 Å². The zero-order valence-electron chi connectivity index (χ0n) is 15.2. The zero-order chi connectivity index (χ0) is 18.2. The molecule has 0 bridgehead atoms. The maximum absolute atomic E-state index is 6.17. The van der Waals surface area contributed by atoms with E-state index in [0.29, 0.717) is 18.3 Å². The highest BCUT2D eigenvalue weighted by molar-refractivity contribution is 5.87. The van der Waals surface area contributed by atoms with Crippen molar-refractivity contribution in [3.05, 3.63) is 65.9 Å². The number of nitrogen functional groups attached to an aromatic ring is 1. The Morgan fingerprint density at radius 3 is 2.78 bits per heavy atom. The van der Waals surface area contributed by atoms with E-state index in [-0.39, 0.29) is 0 Å². The summed E-state index contributed by atoms with van der Waals surface area (Å²) in [4.78, 5) is 4.65. The van der Waals surface area contributed by atoms with Gasteiger partial charge in [0.05, 0.1) is 12.1 Å². The highest BCUT2D eigenvalue weighted by Gasteiger charge is 2.18. The third-order valence-electron chi connectivity index (χ3n) is 5.65. The molecular weight excluding hydrogens is 334 g/mol. The fourth-order valence-corrected chi connectivity index (χ4v) is 4.18. The van der Waals surface area contributed by atoms with E-state index in [9.17, 15) is 0 Å². The minimum atomic E-state index is 0.502. The van der Waals surface area contributed by atoms with Crippen LogP contribution < -0.4 is 11.1 Å². The summed E-state index contributed by atoms with van der Waals surface area (Å²) in [5.74, 6) is 1.06. The number of hydrogen-bond acceptors (Lipinski definition) is 4. The molecule has 5 heteroatoms.